The molecule has 29 heavy (non-hydrogen) atoms. The van der Waals surface area contributed by atoms with Crippen molar-refractivity contribution in [3.63, 3.8) is 0 Å². The number of hydrogen-bond donors (Lipinski definition) is 1. The van der Waals surface area contributed by atoms with Crippen LogP contribution in [0, 0.1) is 12.8 Å². The molecule has 0 saturated carbocycles. The number of sulfonamides is 1. The summed E-state index contributed by atoms with van der Waals surface area (Å²) in [4.78, 5) is 15.1. The molecule has 6 nitrogen and oxygen atoms in total. The molecule has 1 N–H and O–H groups in total. The van der Waals surface area contributed by atoms with Crippen LogP contribution >= 0.6 is 0 Å². The SMILES string of the molecule is Cc1ccc(S(=O)(=O)N2CCC(CC(=O)NCCN3CCCCC3C)CC2)cc1. The summed E-state index contributed by atoms with van der Waals surface area (Å²) in [5, 5.41) is 3.06. The van der Waals surface area contributed by atoms with Gasteiger partial charge in [-0.05, 0) is 64.1 Å². The largest absolute Gasteiger partial charge is 0.355 e. The maximum Gasteiger partial charge on any atom is 0.243 e. The quantitative estimate of drug-likeness (QED) is 0.735. The Kier molecular flexibility index (Phi) is 7.71. The van der Waals surface area contributed by atoms with Crippen LogP contribution in [0.25, 0.3) is 0 Å². The molecule has 0 aliphatic carbocycles. The summed E-state index contributed by atoms with van der Waals surface area (Å²) in [7, 11) is -3.44. The molecule has 2 fully saturated rings. The molecule has 162 valence electrons. The van der Waals surface area contributed by atoms with E-state index in [9.17, 15) is 13.2 Å². The summed E-state index contributed by atoms with van der Waals surface area (Å²) in [5.41, 5.74) is 1.04. The number of hydrogen-bond acceptors (Lipinski definition) is 4. The van der Waals surface area contributed by atoms with Gasteiger partial charge in [0.25, 0.3) is 0 Å². The maximum atomic E-state index is 12.8. The molecule has 7 heteroatoms. The maximum absolute atomic E-state index is 12.8. The first kappa shape index (κ1) is 22.2. The van der Waals surface area contributed by atoms with Crippen molar-refractivity contribution in [1.82, 2.24) is 14.5 Å². The third-order valence-corrected chi connectivity index (χ3v) is 8.28. The minimum absolute atomic E-state index is 0.0921. The lowest BCUT2D eigenvalue weighted by Crippen LogP contribution is -2.43. The van der Waals surface area contributed by atoms with Crippen molar-refractivity contribution in [1.29, 1.82) is 0 Å². The second kappa shape index (κ2) is 10.0. The van der Waals surface area contributed by atoms with Gasteiger partial charge in [0, 0.05) is 38.6 Å². The summed E-state index contributed by atoms with van der Waals surface area (Å²) in [6.07, 6.45) is 5.78. The number of carbonyl (C=O) groups is 1. The Morgan fingerprint density at radius 2 is 1.76 bits per heavy atom. The highest BCUT2D eigenvalue weighted by Crippen LogP contribution is 2.25. The Morgan fingerprint density at radius 3 is 2.41 bits per heavy atom. The first-order valence-electron chi connectivity index (χ1n) is 10.9. The van der Waals surface area contributed by atoms with Gasteiger partial charge in [0.05, 0.1) is 4.90 Å². The van der Waals surface area contributed by atoms with Gasteiger partial charge < -0.3 is 5.32 Å². The smallest absolute Gasteiger partial charge is 0.243 e. The number of piperidine rings is 2. The van der Waals surface area contributed by atoms with Crippen molar-refractivity contribution < 1.29 is 13.2 Å². The van der Waals surface area contributed by atoms with Crippen LogP contribution in [0.15, 0.2) is 29.2 Å². The van der Waals surface area contributed by atoms with Crippen LogP contribution in [0.3, 0.4) is 0 Å². The van der Waals surface area contributed by atoms with Crippen LogP contribution in [0.5, 0.6) is 0 Å². The molecule has 2 heterocycles. The third kappa shape index (κ3) is 6.03. The molecule has 1 aromatic carbocycles. The number of aryl methyl sites for hydroxylation is 1. The molecule has 3 rings (SSSR count). The number of benzene rings is 1. The standard InChI is InChI=1S/C22H35N3O3S/c1-18-6-8-21(9-7-18)29(27,28)25-14-10-20(11-15-25)17-22(26)23-12-16-24-13-4-3-5-19(24)2/h6-9,19-20H,3-5,10-17H2,1-2H3,(H,23,26). The van der Waals surface area contributed by atoms with Gasteiger partial charge in [0.15, 0.2) is 0 Å². The highest BCUT2D eigenvalue weighted by atomic mass is 32.2. The first-order chi connectivity index (χ1) is 13.9. The third-order valence-electron chi connectivity index (χ3n) is 6.37. The zero-order valence-electron chi connectivity index (χ0n) is 17.8. The molecule has 1 unspecified atom stereocenters. The Balaban J connectivity index is 1.40. The zero-order valence-corrected chi connectivity index (χ0v) is 18.6. The van der Waals surface area contributed by atoms with E-state index >= 15 is 0 Å². The Hall–Kier alpha value is -1.44. The predicted molar refractivity (Wildman–Crippen MR) is 115 cm³/mol. The van der Waals surface area contributed by atoms with Gasteiger partial charge in [0.2, 0.25) is 15.9 Å². The van der Waals surface area contributed by atoms with Gasteiger partial charge in [-0.3, -0.25) is 9.69 Å². The van der Waals surface area contributed by atoms with E-state index in [2.05, 4.69) is 17.1 Å². The van der Waals surface area contributed by atoms with E-state index in [0.29, 0.717) is 37.0 Å². The molecule has 0 aromatic heterocycles. The van der Waals surface area contributed by atoms with Crippen molar-refractivity contribution in [2.24, 2.45) is 5.92 Å². The lowest BCUT2D eigenvalue weighted by atomic mass is 9.94. The highest BCUT2D eigenvalue weighted by molar-refractivity contribution is 7.89. The number of likely N-dealkylation sites (tertiary alicyclic amines) is 1. The number of carbonyl (C=O) groups excluding carboxylic acids is 1. The van der Waals surface area contributed by atoms with Crippen molar-refractivity contribution in [3.8, 4) is 0 Å². The van der Waals surface area contributed by atoms with Crippen molar-refractivity contribution in [2.75, 3.05) is 32.7 Å². The van der Waals surface area contributed by atoms with E-state index < -0.39 is 10.0 Å². The van der Waals surface area contributed by atoms with E-state index in [0.717, 1.165) is 31.5 Å². The van der Waals surface area contributed by atoms with Crippen molar-refractivity contribution in [2.45, 2.75) is 63.3 Å². The average molecular weight is 422 g/mol. The van der Waals surface area contributed by atoms with E-state index in [1.54, 1.807) is 16.4 Å². The predicted octanol–water partition coefficient (Wildman–Crippen LogP) is 2.78. The topological polar surface area (TPSA) is 69.7 Å². The lowest BCUT2D eigenvalue weighted by Gasteiger charge is -2.33. The molecule has 2 aliphatic heterocycles. The fraction of sp³-hybridized carbons (Fsp3) is 0.682. The normalized spacial score (nSPS) is 22.5. The van der Waals surface area contributed by atoms with Gasteiger partial charge in [-0.2, -0.15) is 4.31 Å². The summed E-state index contributed by atoms with van der Waals surface area (Å²) in [6, 6.07) is 7.62. The van der Waals surface area contributed by atoms with E-state index in [4.69, 9.17) is 0 Å². The van der Waals surface area contributed by atoms with Gasteiger partial charge >= 0.3 is 0 Å². The Morgan fingerprint density at radius 1 is 1.07 bits per heavy atom. The fourth-order valence-electron chi connectivity index (χ4n) is 4.38. The van der Waals surface area contributed by atoms with Crippen LogP contribution in [0.2, 0.25) is 0 Å². The van der Waals surface area contributed by atoms with Crippen LogP contribution < -0.4 is 5.32 Å². The van der Waals surface area contributed by atoms with E-state index in [-0.39, 0.29) is 11.8 Å². The second-order valence-corrected chi connectivity index (χ2v) is 10.5. The van der Waals surface area contributed by atoms with Gasteiger partial charge in [-0.15, -0.1) is 0 Å². The molecule has 0 bridgehead atoms. The monoisotopic (exact) mass is 421 g/mol. The van der Waals surface area contributed by atoms with Crippen LogP contribution in [-0.2, 0) is 14.8 Å². The van der Waals surface area contributed by atoms with Crippen LogP contribution in [0.4, 0.5) is 0 Å². The number of nitrogens with zero attached hydrogens (tertiary/aromatic N) is 2. The molecule has 1 aromatic rings. The average Bonchev–Trinajstić information content (AvgIpc) is 2.70. The molecule has 2 aliphatic rings. The second-order valence-electron chi connectivity index (χ2n) is 8.60. The van der Waals surface area contributed by atoms with Gasteiger partial charge in [0.1, 0.15) is 0 Å². The molecule has 1 atom stereocenters. The zero-order chi connectivity index (χ0) is 20.9. The minimum atomic E-state index is -3.44. The van der Waals surface area contributed by atoms with Gasteiger partial charge in [-0.25, -0.2) is 8.42 Å². The molecule has 2 saturated heterocycles. The minimum Gasteiger partial charge on any atom is -0.355 e. The Labute approximate surface area is 175 Å². The summed E-state index contributed by atoms with van der Waals surface area (Å²) in [6.45, 7) is 7.92. The molecular weight excluding hydrogens is 386 g/mol. The van der Waals surface area contributed by atoms with Crippen LogP contribution in [0.1, 0.15) is 51.0 Å². The number of rotatable bonds is 7. The summed E-state index contributed by atoms with van der Waals surface area (Å²) >= 11 is 0. The molecule has 0 radical (unpaired) electrons. The lowest BCUT2D eigenvalue weighted by molar-refractivity contribution is -0.122. The van der Waals surface area contributed by atoms with Gasteiger partial charge in [-0.1, -0.05) is 24.1 Å². The number of amides is 1. The van der Waals surface area contributed by atoms with Crippen LogP contribution in [-0.4, -0.2) is 62.3 Å². The van der Waals surface area contributed by atoms with Crippen molar-refractivity contribution in [3.05, 3.63) is 29.8 Å². The molecular formula is C22H35N3O3S. The molecule has 0 spiro atoms. The number of nitrogens with one attached hydrogen (secondary N) is 1. The highest BCUT2D eigenvalue weighted by Gasteiger charge is 2.30. The van der Waals surface area contributed by atoms with E-state index in [1.807, 2.05) is 19.1 Å². The van der Waals surface area contributed by atoms with Crippen molar-refractivity contribution >= 4 is 15.9 Å². The summed E-state index contributed by atoms with van der Waals surface area (Å²) in [5.74, 6) is 0.350. The fourth-order valence-corrected chi connectivity index (χ4v) is 5.85. The molecule has 1 amide bonds. The Bertz CT molecular complexity index is 771. The summed E-state index contributed by atoms with van der Waals surface area (Å²) < 4.78 is 27.1. The first-order valence-corrected chi connectivity index (χ1v) is 12.4. The van der Waals surface area contributed by atoms with E-state index in [1.165, 1.54) is 19.3 Å².